The van der Waals surface area contributed by atoms with Crippen LogP contribution in [-0.2, 0) is 4.74 Å². The summed E-state index contributed by atoms with van der Waals surface area (Å²) >= 11 is 0. The summed E-state index contributed by atoms with van der Waals surface area (Å²) in [6.07, 6.45) is 4.35. The number of fused-ring (bicyclic) bond motifs is 2. The van der Waals surface area contributed by atoms with Gasteiger partial charge in [-0.25, -0.2) is 0 Å². The molecule has 3 aliphatic rings. The molecule has 0 unspecified atom stereocenters. The highest BCUT2D eigenvalue weighted by Gasteiger charge is 2.70. The van der Waals surface area contributed by atoms with E-state index in [0.717, 1.165) is 19.3 Å². The highest BCUT2D eigenvalue weighted by atomic mass is 16.6. The van der Waals surface area contributed by atoms with Gasteiger partial charge in [0.15, 0.2) is 0 Å². The molecule has 2 N–H and O–H groups in total. The van der Waals surface area contributed by atoms with E-state index in [1.54, 1.807) is 0 Å². The first-order chi connectivity index (χ1) is 8.43. The van der Waals surface area contributed by atoms with E-state index in [1.165, 1.54) is 6.42 Å². The van der Waals surface area contributed by atoms with Gasteiger partial charge in [0.05, 0.1) is 11.7 Å². The number of hydrogen-bond acceptors (Lipinski definition) is 3. The Labute approximate surface area is 110 Å². The van der Waals surface area contributed by atoms with Crippen LogP contribution in [0.4, 0.5) is 0 Å². The lowest BCUT2D eigenvalue weighted by molar-refractivity contribution is -0.0374. The predicted molar refractivity (Wildman–Crippen MR) is 69.1 cm³/mol. The predicted octanol–water partition coefficient (Wildman–Crippen LogP) is 1.96. The average molecular weight is 254 g/mol. The van der Waals surface area contributed by atoms with Gasteiger partial charge in [0.1, 0.15) is 6.10 Å². The Bertz CT molecular complexity index is 339. The van der Waals surface area contributed by atoms with E-state index in [-0.39, 0.29) is 24.2 Å². The third-order valence-electron chi connectivity index (χ3n) is 6.00. The van der Waals surface area contributed by atoms with Crippen LogP contribution >= 0.6 is 0 Å². The van der Waals surface area contributed by atoms with E-state index in [2.05, 4.69) is 13.8 Å². The summed E-state index contributed by atoms with van der Waals surface area (Å²) in [5.74, 6) is 1.64. The maximum absolute atomic E-state index is 10.3. The van der Waals surface area contributed by atoms with Crippen molar-refractivity contribution in [3.05, 3.63) is 0 Å². The highest BCUT2D eigenvalue weighted by molar-refractivity contribution is 5.18. The minimum Gasteiger partial charge on any atom is -0.396 e. The van der Waals surface area contributed by atoms with Crippen molar-refractivity contribution in [3.63, 3.8) is 0 Å². The third kappa shape index (κ3) is 1.53. The highest BCUT2D eigenvalue weighted by Crippen LogP contribution is 2.65. The van der Waals surface area contributed by atoms with Crippen LogP contribution in [-0.4, -0.2) is 34.6 Å². The number of aliphatic hydroxyl groups excluding tert-OH is 1. The molecule has 1 aliphatic heterocycles. The van der Waals surface area contributed by atoms with Crippen molar-refractivity contribution in [2.75, 3.05) is 6.61 Å². The Hall–Kier alpha value is -0.120. The lowest BCUT2D eigenvalue weighted by Crippen LogP contribution is -2.50. The van der Waals surface area contributed by atoms with Gasteiger partial charge >= 0.3 is 0 Å². The van der Waals surface area contributed by atoms with Crippen LogP contribution in [0.3, 0.4) is 0 Å². The van der Waals surface area contributed by atoms with E-state index in [0.29, 0.717) is 17.8 Å². The van der Waals surface area contributed by atoms with E-state index in [9.17, 15) is 10.2 Å². The van der Waals surface area contributed by atoms with Gasteiger partial charge in [-0.2, -0.15) is 0 Å². The third-order valence-corrected chi connectivity index (χ3v) is 6.00. The average Bonchev–Trinajstić information content (AvgIpc) is 3.03. The van der Waals surface area contributed by atoms with Crippen LogP contribution in [0, 0.1) is 23.2 Å². The van der Waals surface area contributed by atoms with E-state index >= 15 is 0 Å². The lowest BCUT2D eigenvalue weighted by Gasteiger charge is -2.45. The Morgan fingerprint density at radius 2 is 1.94 bits per heavy atom. The van der Waals surface area contributed by atoms with Crippen molar-refractivity contribution in [1.29, 1.82) is 0 Å². The minimum absolute atomic E-state index is 0.0136. The van der Waals surface area contributed by atoms with Crippen molar-refractivity contribution in [2.45, 2.75) is 64.3 Å². The van der Waals surface area contributed by atoms with Crippen LogP contribution < -0.4 is 0 Å². The van der Waals surface area contributed by atoms with Crippen molar-refractivity contribution in [2.24, 2.45) is 23.2 Å². The first-order valence-electron chi connectivity index (χ1n) is 7.42. The molecule has 0 aromatic carbocycles. The van der Waals surface area contributed by atoms with Gasteiger partial charge in [0, 0.05) is 12.0 Å². The molecule has 0 radical (unpaired) electrons. The molecule has 0 aromatic rings. The van der Waals surface area contributed by atoms with E-state index in [1.807, 2.05) is 6.92 Å². The Balaban J connectivity index is 1.92. The topological polar surface area (TPSA) is 53.0 Å². The quantitative estimate of drug-likeness (QED) is 0.741. The molecule has 3 fully saturated rings. The Kier molecular flexibility index (Phi) is 2.82. The summed E-state index contributed by atoms with van der Waals surface area (Å²) in [5, 5.41) is 20.1. The number of rotatable bonds is 2. The number of aliphatic hydroxyl groups is 2. The molecule has 104 valence electrons. The van der Waals surface area contributed by atoms with Crippen LogP contribution in [0.15, 0.2) is 0 Å². The molecule has 1 heterocycles. The number of ether oxygens (including phenoxy) is 1. The molecule has 2 aliphatic carbocycles. The van der Waals surface area contributed by atoms with Crippen molar-refractivity contribution in [3.8, 4) is 0 Å². The smallest absolute Gasteiger partial charge is 0.113 e. The second-order valence-electron chi connectivity index (χ2n) is 7.25. The van der Waals surface area contributed by atoms with E-state index < -0.39 is 5.60 Å². The zero-order valence-electron chi connectivity index (χ0n) is 11.7. The fourth-order valence-corrected chi connectivity index (χ4v) is 5.02. The fraction of sp³-hybridized carbons (Fsp3) is 1.00. The Morgan fingerprint density at radius 3 is 2.56 bits per heavy atom. The van der Waals surface area contributed by atoms with Crippen molar-refractivity contribution < 1.29 is 14.9 Å². The van der Waals surface area contributed by atoms with Crippen molar-refractivity contribution in [1.82, 2.24) is 0 Å². The maximum atomic E-state index is 10.3. The molecule has 2 saturated carbocycles. The molecule has 6 atom stereocenters. The van der Waals surface area contributed by atoms with Gasteiger partial charge in [-0.1, -0.05) is 13.8 Å². The monoisotopic (exact) mass is 254 g/mol. The maximum Gasteiger partial charge on any atom is 0.113 e. The summed E-state index contributed by atoms with van der Waals surface area (Å²) in [6.45, 7) is 6.75. The summed E-state index contributed by atoms with van der Waals surface area (Å²) in [6, 6.07) is 0. The van der Waals surface area contributed by atoms with Crippen LogP contribution in [0.2, 0.25) is 0 Å². The molecular weight excluding hydrogens is 228 g/mol. The summed E-state index contributed by atoms with van der Waals surface area (Å²) < 4.78 is 5.88. The van der Waals surface area contributed by atoms with Crippen molar-refractivity contribution >= 4 is 0 Å². The van der Waals surface area contributed by atoms with Gasteiger partial charge in [-0.15, -0.1) is 0 Å². The fourth-order valence-electron chi connectivity index (χ4n) is 5.02. The Morgan fingerprint density at radius 1 is 1.22 bits per heavy atom. The molecule has 0 aromatic heterocycles. The molecule has 3 rings (SSSR count). The first kappa shape index (κ1) is 12.9. The van der Waals surface area contributed by atoms with Crippen LogP contribution in [0.25, 0.3) is 0 Å². The lowest BCUT2D eigenvalue weighted by atomic mass is 9.58. The molecule has 0 amide bonds. The molecule has 1 spiro atoms. The zero-order chi connectivity index (χ0) is 13.1. The van der Waals surface area contributed by atoms with E-state index in [4.69, 9.17) is 4.74 Å². The second-order valence-corrected chi connectivity index (χ2v) is 7.25. The molecule has 1 saturated heterocycles. The van der Waals surface area contributed by atoms with Gasteiger partial charge < -0.3 is 14.9 Å². The summed E-state index contributed by atoms with van der Waals surface area (Å²) in [7, 11) is 0. The molecule has 3 nitrogen and oxygen atoms in total. The number of epoxide rings is 1. The first-order valence-corrected chi connectivity index (χ1v) is 7.42. The molecule has 0 bridgehead atoms. The van der Waals surface area contributed by atoms with Gasteiger partial charge in [-0.05, 0) is 50.4 Å². The largest absolute Gasteiger partial charge is 0.396 e. The standard InChI is InChI=1S/C15H26O3/c1-9(2)11-5-4-10(8-16)15(11)7-6-14(3,17)12-13(15)18-12/h9-13,16-17H,4-8H2,1-3H3/t10-,11+,12+,13-,14-,15-/m1/s1. The number of hydrogen-bond donors (Lipinski definition) is 2. The normalized spacial score (nSPS) is 55.0. The molecular formula is C15H26O3. The van der Waals surface area contributed by atoms with Crippen LogP contribution in [0.5, 0.6) is 0 Å². The molecule has 3 heteroatoms. The zero-order valence-corrected chi connectivity index (χ0v) is 11.7. The SMILES string of the molecule is CC(C)[C@@H]1CC[C@H](CO)[C@]12CC[C@@](C)(O)[C@H]1O[C@H]12. The van der Waals surface area contributed by atoms with Gasteiger partial charge in [0.25, 0.3) is 0 Å². The second kappa shape index (κ2) is 3.94. The van der Waals surface area contributed by atoms with Gasteiger partial charge in [-0.3, -0.25) is 0 Å². The molecule has 18 heavy (non-hydrogen) atoms. The van der Waals surface area contributed by atoms with Gasteiger partial charge in [0.2, 0.25) is 0 Å². The minimum atomic E-state index is -0.653. The summed E-state index contributed by atoms with van der Waals surface area (Å²) in [4.78, 5) is 0. The van der Waals surface area contributed by atoms with Crippen LogP contribution in [0.1, 0.15) is 46.5 Å². The summed E-state index contributed by atoms with van der Waals surface area (Å²) in [5.41, 5.74) is -0.518.